The van der Waals surface area contributed by atoms with Crippen LogP contribution in [0.2, 0.25) is 0 Å². The number of para-hydroxylation sites is 1. The van der Waals surface area contributed by atoms with E-state index in [2.05, 4.69) is 120 Å². The minimum Gasteiger partial charge on any atom is -0.456 e. The Bertz CT molecular complexity index is 3110. The maximum Gasteiger partial charge on any atom is 0.228 e. The monoisotopic (exact) mass is 642 g/mol. The molecular weight excluding hydrogens is 617 g/mol. The topological polar surface area (TPSA) is 55.6 Å². The van der Waals surface area contributed by atoms with Crippen molar-refractivity contribution in [2.75, 3.05) is 4.90 Å². The van der Waals surface area contributed by atoms with E-state index in [9.17, 15) is 0 Å². The summed E-state index contributed by atoms with van der Waals surface area (Å²) in [4.78, 5) is 7.30. The molecule has 0 aliphatic heterocycles. The van der Waals surface area contributed by atoms with Crippen LogP contribution in [0.1, 0.15) is 0 Å². The van der Waals surface area contributed by atoms with Crippen LogP contribution in [-0.4, -0.2) is 4.98 Å². The van der Waals surface area contributed by atoms with Crippen LogP contribution in [0.15, 0.2) is 171 Å². The highest BCUT2D eigenvalue weighted by atomic mass is 16.4. The largest absolute Gasteiger partial charge is 0.456 e. The molecule has 0 N–H and O–H groups in total. The molecule has 0 saturated carbocycles. The third-order valence-electron chi connectivity index (χ3n) is 9.85. The van der Waals surface area contributed by atoms with Crippen LogP contribution in [0.4, 0.5) is 17.1 Å². The molecule has 11 aromatic rings. The van der Waals surface area contributed by atoms with Gasteiger partial charge in [-0.2, -0.15) is 0 Å². The molecule has 3 aromatic heterocycles. The van der Waals surface area contributed by atoms with Gasteiger partial charge in [0, 0.05) is 44.5 Å². The number of benzene rings is 8. The number of hydrogen-bond acceptors (Lipinski definition) is 5. The van der Waals surface area contributed by atoms with E-state index in [-0.39, 0.29) is 0 Å². The van der Waals surface area contributed by atoms with E-state index < -0.39 is 0 Å². The van der Waals surface area contributed by atoms with E-state index in [1.165, 1.54) is 5.39 Å². The molecule has 0 saturated heterocycles. The molecular formula is C45H26N2O3. The summed E-state index contributed by atoms with van der Waals surface area (Å²) in [5.74, 6) is 0.575. The van der Waals surface area contributed by atoms with Gasteiger partial charge in [0.25, 0.3) is 0 Å². The number of oxazole rings is 1. The van der Waals surface area contributed by atoms with Gasteiger partial charge in [-0.05, 0) is 82.9 Å². The summed E-state index contributed by atoms with van der Waals surface area (Å²) >= 11 is 0. The quantitative estimate of drug-likeness (QED) is 0.191. The van der Waals surface area contributed by atoms with Gasteiger partial charge in [-0.15, -0.1) is 0 Å². The van der Waals surface area contributed by atoms with Crippen molar-refractivity contribution in [2.24, 2.45) is 0 Å². The average Bonchev–Trinajstić information content (AvgIpc) is 3.88. The first-order valence-electron chi connectivity index (χ1n) is 16.7. The van der Waals surface area contributed by atoms with E-state index in [0.717, 1.165) is 93.8 Å². The van der Waals surface area contributed by atoms with Gasteiger partial charge < -0.3 is 18.2 Å². The predicted octanol–water partition coefficient (Wildman–Crippen LogP) is 13.1. The van der Waals surface area contributed by atoms with Gasteiger partial charge in [-0.25, -0.2) is 4.98 Å². The summed E-state index contributed by atoms with van der Waals surface area (Å²) in [6.07, 6.45) is 0. The smallest absolute Gasteiger partial charge is 0.228 e. The van der Waals surface area contributed by atoms with Gasteiger partial charge >= 0.3 is 0 Å². The number of furan rings is 2. The molecule has 0 fully saturated rings. The number of fused-ring (bicyclic) bond motifs is 10. The highest BCUT2D eigenvalue weighted by Gasteiger charge is 2.22. The van der Waals surface area contributed by atoms with Crippen molar-refractivity contribution < 1.29 is 13.3 Å². The molecule has 5 nitrogen and oxygen atoms in total. The van der Waals surface area contributed by atoms with Gasteiger partial charge in [-0.3, -0.25) is 0 Å². The Labute approximate surface area is 285 Å². The fourth-order valence-corrected chi connectivity index (χ4v) is 7.59. The Morgan fingerprint density at radius 1 is 0.400 bits per heavy atom. The van der Waals surface area contributed by atoms with Gasteiger partial charge in [-0.1, -0.05) is 84.9 Å². The SMILES string of the molecule is c1ccc(N(c2ccc3c(c2)oc2cccc(-c4nc5c(ccc6ccccc65)o4)c23)c2cccc3oc4cc5ccccc5cc4c23)cc1. The molecule has 5 heteroatoms. The predicted molar refractivity (Wildman–Crippen MR) is 204 cm³/mol. The van der Waals surface area contributed by atoms with Gasteiger partial charge in [0.05, 0.1) is 11.1 Å². The van der Waals surface area contributed by atoms with Crippen LogP contribution < -0.4 is 4.90 Å². The first-order valence-corrected chi connectivity index (χ1v) is 16.7. The number of hydrogen-bond donors (Lipinski definition) is 0. The molecule has 0 aliphatic rings. The number of nitrogens with zero attached hydrogens (tertiary/aromatic N) is 2. The highest BCUT2D eigenvalue weighted by molar-refractivity contribution is 6.17. The Kier molecular flexibility index (Phi) is 5.60. The fourth-order valence-electron chi connectivity index (χ4n) is 7.59. The van der Waals surface area contributed by atoms with E-state index in [4.69, 9.17) is 18.2 Å². The molecule has 8 aromatic carbocycles. The minimum atomic E-state index is 0.575. The zero-order valence-corrected chi connectivity index (χ0v) is 26.6. The van der Waals surface area contributed by atoms with E-state index in [1.807, 2.05) is 42.5 Å². The van der Waals surface area contributed by atoms with Gasteiger partial charge in [0.2, 0.25) is 5.89 Å². The number of rotatable bonds is 4. The van der Waals surface area contributed by atoms with Crippen molar-refractivity contribution in [3.05, 3.63) is 158 Å². The molecule has 0 radical (unpaired) electrons. The second-order valence-electron chi connectivity index (χ2n) is 12.7. The Morgan fingerprint density at radius 3 is 1.98 bits per heavy atom. The van der Waals surface area contributed by atoms with Crippen molar-refractivity contribution in [2.45, 2.75) is 0 Å². The normalized spacial score (nSPS) is 12.0. The summed E-state index contributed by atoms with van der Waals surface area (Å²) in [7, 11) is 0. The Hall–Kier alpha value is -6.85. The molecule has 0 bridgehead atoms. The molecule has 0 amide bonds. The molecule has 0 atom stereocenters. The van der Waals surface area contributed by atoms with Crippen LogP contribution in [0.3, 0.4) is 0 Å². The zero-order valence-electron chi connectivity index (χ0n) is 26.6. The molecule has 0 spiro atoms. The fraction of sp³-hybridized carbons (Fsp3) is 0. The third-order valence-corrected chi connectivity index (χ3v) is 9.85. The van der Waals surface area contributed by atoms with Crippen molar-refractivity contribution >= 4 is 93.6 Å². The van der Waals surface area contributed by atoms with Crippen LogP contribution >= 0.6 is 0 Å². The van der Waals surface area contributed by atoms with E-state index >= 15 is 0 Å². The minimum absolute atomic E-state index is 0.575. The van der Waals surface area contributed by atoms with Crippen molar-refractivity contribution in [3.63, 3.8) is 0 Å². The second-order valence-corrected chi connectivity index (χ2v) is 12.7. The Balaban J connectivity index is 1.12. The van der Waals surface area contributed by atoms with Crippen molar-refractivity contribution in [1.29, 1.82) is 0 Å². The lowest BCUT2D eigenvalue weighted by Crippen LogP contribution is -2.10. The van der Waals surface area contributed by atoms with Crippen LogP contribution in [-0.2, 0) is 0 Å². The number of aromatic nitrogens is 1. The lowest BCUT2D eigenvalue weighted by Gasteiger charge is -2.26. The van der Waals surface area contributed by atoms with Crippen LogP contribution in [0.25, 0.3) is 88.0 Å². The molecule has 11 rings (SSSR count). The first-order chi connectivity index (χ1) is 24.8. The maximum atomic E-state index is 6.60. The van der Waals surface area contributed by atoms with Crippen LogP contribution in [0, 0.1) is 0 Å². The summed E-state index contributed by atoms with van der Waals surface area (Å²) in [5.41, 5.74) is 8.82. The average molecular weight is 643 g/mol. The molecule has 50 heavy (non-hydrogen) atoms. The Morgan fingerprint density at radius 2 is 1.12 bits per heavy atom. The third kappa shape index (κ3) is 3.98. The molecule has 0 aliphatic carbocycles. The first kappa shape index (κ1) is 27.1. The zero-order chi connectivity index (χ0) is 32.8. The summed E-state index contributed by atoms with van der Waals surface area (Å²) < 4.78 is 19.5. The highest BCUT2D eigenvalue weighted by Crippen LogP contribution is 2.45. The van der Waals surface area contributed by atoms with E-state index in [0.29, 0.717) is 5.89 Å². The van der Waals surface area contributed by atoms with Crippen LogP contribution in [0.5, 0.6) is 0 Å². The summed E-state index contributed by atoms with van der Waals surface area (Å²) in [6, 6.07) is 54.4. The van der Waals surface area contributed by atoms with E-state index in [1.54, 1.807) is 0 Å². The second kappa shape index (κ2) is 10.3. The summed E-state index contributed by atoms with van der Waals surface area (Å²) in [6.45, 7) is 0. The molecule has 0 unspecified atom stereocenters. The number of anilines is 3. The van der Waals surface area contributed by atoms with Crippen molar-refractivity contribution in [3.8, 4) is 11.5 Å². The maximum absolute atomic E-state index is 6.60. The standard InChI is InChI=1S/C45H26N2O3/c1-2-13-30(14-3-1)47(36-17-9-19-38-43(36)35-24-28-11-4-5-12-29(28)25-40(35)49-38)31-21-22-33-41(26-31)48-37-18-8-16-34(42(33)37)45-46-44-32-15-7-6-10-27(32)20-23-39(44)50-45/h1-26H. The van der Waals surface area contributed by atoms with Gasteiger partial charge in [0.15, 0.2) is 5.58 Å². The summed E-state index contributed by atoms with van der Waals surface area (Å²) in [5, 5.41) is 8.65. The van der Waals surface area contributed by atoms with Gasteiger partial charge in [0.1, 0.15) is 27.8 Å². The molecule has 234 valence electrons. The van der Waals surface area contributed by atoms with Crippen molar-refractivity contribution in [1.82, 2.24) is 4.98 Å². The lowest BCUT2D eigenvalue weighted by molar-refractivity contribution is 0.620. The lowest BCUT2D eigenvalue weighted by atomic mass is 10.0. The molecule has 3 heterocycles.